The number of benzene rings is 1. The van der Waals surface area contributed by atoms with Crippen molar-refractivity contribution in [2.24, 2.45) is 0 Å². The number of halogens is 2. The average Bonchev–Trinajstić information content (AvgIpc) is 2.75. The van der Waals surface area contributed by atoms with Crippen LogP contribution in [0.15, 0.2) is 27.1 Å². The first kappa shape index (κ1) is 15.0. The maximum atomic E-state index is 12.4. The minimum absolute atomic E-state index is 0.0697. The lowest BCUT2D eigenvalue weighted by Gasteiger charge is -2.28. The minimum atomic E-state index is -0.702. The SMILES string of the molecule is CN(CC1(O)CCCC1)C(=O)c1ccc(Br)cc1Br. The second-order valence-corrected chi connectivity index (χ2v) is 6.99. The molecule has 0 spiro atoms. The fraction of sp³-hybridized carbons (Fsp3) is 0.500. The first-order valence-corrected chi connectivity index (χ1v) is 7.93. The Morgan fingerprint density at radius 2 is 2.00 bits per heavy atom. The van der Waals surface area contributed by atoms with Gasteiger partial charge in [-0.15, -0.1) is 0 Å². The van der Waals surface area contributed by atoms with Gasteiger partial charge in [-0.25, -0.2) is 0 Å². The van der Waals surface area contributed by atoms with Crippen molar-refractivity contribution in [3.8, 4) is 0 Å². The van der Waals surface area contributed by atoms with E-state index in [-0.39, 0.29) is 5.91 Å². The fourth-order valence-corrected chi connectivity index (χ4v) is 3.79. The lowest BCUT2D eigenvalue weighted by molar-refractivity contribution is 0.0156. The Bertz CT molecular complexity index is 484. The van der Waals surface area contributed by atoms with Crippen LogP contribution in [0.25, 0.3) is 0 Å². The van der Waals surface area contributed by atoms with Crippen molar-refractivity contribution in [3.05, 3.63) is 32.7 Å². The first-order valence-electron chi connectivity index (χ1n) is 6.34. The van der Waals surface area contributed by atoms with E-state index in [1.54, 1.807) is 18.0 Å². The van der Waals surface area contributed by atoms with Crippen LogP contribution >= 0.6 is 31.9 Å². The van der Waals surface area contributed by atoms with E-state index in [1.165, 1.54) is 0 Å². The molecule has 1 fully saturated rings. The maximum Gasteiger partial charge on any atom is 0.254 e. The molecule has 0 heterocycles. The molecule has 3 nitrogen and oxygen atoms in total. The number of amides is 1. The number of likely N-dealkylation sites (N-methyl/N-ethyl adjacent to an activating group) is 1. The summed E-state index contributed by atoms with van der Waals surface area (Å²) in [5, 5.41) is 10.4. The van der Waals surface area contributed by atoms with Gasteiger partial charge in [-0.1, -0.05) is 28.8 Å². The summed E-state index contributed by atoms with van der Waals surface area (Å²) in [4.78, 5) is 14.0. The van der Waals surface area contributed by atoms with Gasteiger partial charge in [0.25, 0.3) is 5.91 Å². The summed E-state index contributed by atoms with van der Waals surface area (Å²) in [5.74, 6) is -0.0697. The molecule has 0 unspecified atom stereocenters. The molecule has 2 rings (SSSR count). The lowest BCUT2D eigenvalue weighted by Crippen LogP contribution is -2.42. The third-order valence-electron chi connectivity index (χ3n) is 3.57. The molecule has 5 heteroatoms. The second-order valence-electron chi connectivity index (χ2n) is 5.22. The molecule has 0 atom stereocenters. The molecular formula is C14H17Br2NO2. The third-order valence-corrected chi connectivity index (χ3v) is 4.72. The van der Waals surface area contributed by atoms with Crippen molar-refractivity contribution >= 4 is 37.8 Å². The van der Waals surface area contributed by atoms with Gasteiger partial charge in [0.15, 0.2) is 0 Å². The molecular weight excluding hydrogens is 374 g/mol. The van der Waals surface area contributed by atoms with Crippen molar-refractivity contribution in [3.63, 3.8) is 0 Å². The van der Waals surface area contributed by atoms with Gasteiger partial charge in [-0.05, 0) is 47.0 Å². The van der Waals surface area contributed by atoms with E-state index in [4.69, 9.17) is 0 Å². The Labute approximate surface area is 130 Å². The number of aliphatic hydroxyl groups is 1. The van der Waals surface area contributed by atoms with E-state index < -0.39 is 5.60 Å². The van der Waals surface area contributed by atoms with Crippen LogP contribution in [-0.2, 0) is 0 Å². The second kappa shape index (κ2) is 5.94. The van der Waals surface area contributed by atoms with Gasteiger partial charge in [-0.2, -0.15) is 0 Å². The molecule has 0 saturated heterocycles. The number of carbonyl (C=O) groups is 1. The summed E-state index contributed by atoms with van der Waals surface area (Å²) >= 11 is 6.77. The van der Waals surface area contributed by atoms with Gasteiger partial charge < -0.3 is 10.0 Å². The Balaban J connectivity index is 2.10. The number of rotatable bonds is 3. The third kappa shape index (κ3) is 3.58. The quantitative estimate of drug-likeness (QED) is 0.856. The minimum Gasteiger partial charge on any atom is -0.388 e. The van der Waals surface area contributed by atoms with Crippen molar-refractivity contribution in [2.45, 2.75) is 31.3 Å². The van der Waals surface area contributed by atoms with Crippen molar-refractivity contribution in [1.82, 2.24) is 4.90 Å². The van der Waals surface area contributed by atoms with Crippen LogP contribution in [0.5, 0.6) is 0 Å². The van der Waals surface area contributed by atoms with Crippen LogP contribution in [0.3, 0.4) is 0 Å². The lowest BCUT2D eigenvalue weighted by atomic mass is 10.0. The average molecular weight is 391 g/mol. The Hall–Kier alpha value is -0.390. The summed E-state index contributed by atoms with van der Waals surface area (Å²) in [7, 11) is 1.74. The van der Waals surface area contributed by atoms with Gasteiger partial charge in [0.05, 0.1) is 11.2 Å². The van der Waals surface area contributed by atoms with Crippen LogP contribution in [0.2, 0.25) is 0 Å². The molecule has 0 bridgehead atoms. The molecule has 0 aromatic heterocycles. The molecule has 1 saturated carbocycles. The summed E-state index contributed by atoms with van der Waals surface area (Å²) in [6.07, 6.45) is 3.65. The molecule has 1 amide bonds. The molecule has 1 aromatic carbocycles. The summed E-state index contributed by atoms with van der Waals surface area (Å²) < 4.78 is 1.69. The number of carbonyl (C=O) groups excluding carboxylic acids is 1. The molecule has 0 radical (unpaired) electrons. The summed E-state index contributed by atoms with van der Waals surface area (Å²) in [5.41, 5.74) is -0.0843. The predicted molar refractivity (Wildman–Crippen MR) is 82.2 cm³/mol. The molecule has 0 aliphatic heterocycles. The Kier molecular flexibility index (Phi) is 4.69. The largest absolute Gasteiger partial charge is 0.388 e. The van der Waals surface area contributed by atoms with E-state index in [0.29, 0.717) is 12.1 Å². The van der Waals surface area contributed by atoms with Gasteiger partial charge in [0.1, 0.15) is 0 Å². The predicted octanol–water partition coefficient (Wildman–Crippen LogP) is 3.59. The van der Waals surface area contributed by atoms with Crippen molar-refractivity contribution < 1.29 is 9.90 Å². The smallest absolute Gasteiger partial charge is 0.254 e. The standard InChI is InChI=1S/C14H17Br2NO2/c1-17(9-14(19)6-2-3-7-14)13(18)11-5-4-10(15)8-12(11)16/h4-5,8,19H,2-3,6-7,9H2,1H3. The highest BCUT2D eigenvalue weighted by atomic mass is 79.9. The van der Waals surface area contributed by atoms with Gasteiger partial charge in [-0.3, -0.25) is 4.79 Å². The molecule has 19 heavy (non-hydrogen) atoms. The number of hydrogen-bond donors (Lipinski definition) is 1. The van der Waals surface area contributed by atoms with Gasteiger partial charge in [0.2, 0.25) is 0 Å². The Morgan fingerprint density at radius 3 is 2.58 bits per heavy atom. The van der Waals surface area contributed by atoms with E-state index in [1.807, 2.05) is 12.1 Å². The highest BCUT2D eigenvalue weighted by Gasteiger charge is 2.33. The van der Waals surface area contributed by atoms with Gasteiger partial charge >= 0.3 is 0 Å². The van der Waals surface area contributed by atoms with Crippen LogP contribution < -0.4 is 0 Å². The van der Waals surface area contributed by atoms with E-state index in [0.717, 1.165) is 34.6 Å². The summed E-state index contributed by atoms with van der Waals surface area (Å²) in [6, 6.07) is 5.48. The Morgan fingerprint density at radius 1 is 1.37 bits per heavy atom. The van der Waals surface area contributed by atoms with E-state index >= 15 is 0 Å². The van der Waals surface area contributed by atoms with Crippen molar-refractivity contribution in [1.29, 1.82) is 0 Å². The highest BCUT2D eigenvalue weighted by molar-refractivity contribution is 9.11. The fourth-order valence-electron chi connectivity index (χ4n) is 2.57. The van der Waals surface area contributed by atoms with Crippen molar-refractivity contribution in [2.75, 3.05) is 13.6 Å². The van der Waals surface area contributed by atoms with Crippen LogP contribution in [-0.4, -0.2) is 35.1 Å². The molecule has 1 aromatic rings. The topological polar surface area (TPSA) is 40.5 Å². The first-order chi connectivity index (χ1) is 8.91. The van der Waals surface area contributed by atoms with E-state index in [2.05, 4.69) is 31.9 Å². The molecule has 1 aliphatic rings. The van der Waals surface area contributed by atoms with Crippen LogP contribution in [0, 0.1) is 0 Å². The summed E-state index contributed by atoms with van der Waals surface area (Å²) in [6.45, 7) is 0.397. The molecule has 1 N–H and O–H groups in total. The number of nitrogens with zero attached hydrogens (tertiary/aromatic N) is 1. The van der Waals surface area contributed by atoms with Crippen LogP contribution in [0.1, 0.15) is 36.0 Å². The van der Waals surface area contributed by atoms with E-state index in [9.17, 15) is 9.90 Å². The zero-order chi connectivity index (χ0) is 14.0. The van der Waals surface area contributed by atoms with Gasteiger partial charge in [0, 0.05) is 22.5 Å². The zero-order valence-corrected chi connectivity index (χ0v) is 14.0. The monoisotopic (exact) mass is 389 g/mol. The molecule has 1 aliphatic carbocycles. The van der Waals surface area contributed by atoms with Crippen LogP contribution in [0.4, 0.5) is 0 Å². The normalized spacial score (nSPS) is 17.5. The highest BCUT2D eigenvalue weighted by Crippen LogP contribution is 2.30. The zero-order valence-electron chi connectivity index (χ0n) is 10.8. The molecule has 104 valence electrons. The number of hydrogen-bond acceptors (Lipinski definition) is 2. The maximum absolute atomic E-state index is 12.4.